The van der Waals surface area contributed by atoms with Crippen molar-refractivity contribution in [3.05, 3.63) is 28.8 Å². The predicted molar refractivity (Wildman–Crippen MR) is 76.1 cm³/mol. The number of hydrogen-bond acceptors (Lipinski definition) is 3. The summed E-state index contributed by atoms with van der Waals surface area (Å²) in [7, 11) is 0. The van der Waals surface area contributed by atoms with Gasteiger partial charge in [0.2, 0.25) is 0 Å². The van der Waals surface area contributed by atoms with Gasteiger partial charge in [-0.3, -0.25) is 0 Å². The Labute approximate surface area is 119 Å². The van der Waals surface area contributed by atoms with Gasteiger partial charge in [0.25, 0.3) is 0 Å². The lowest BCUT2D eigenvalue weighted by Crippen LogP contribution is -2.08. The maximum Gasteiger partial charge on any atom is 0.137 e. The maximum absolute atomic E-state index is 8.97. The number of unbranched alkanes of at least 4 members (excludes halogenated alkanes) is 1. The Kier molecular flexibility index (Phi) is 6.14. The van der Waals surface area contributed by atoms with Gasteiger partial charge in [-0.15, -0.1) is 0 Å². The summed E-state index contributed by atoms with van der Waals surface area (Å²) in [4.78, 5) is 0. The molecular weight excluding hydrogens is 262 g/mol. The molecule has 104 valence electrons. The minimum atomic E-state index is -0.263. The summed E-state index contributed by atoms with van der Waals surface area (Å²) in [5, 5.41) is 18.4. The van der Waals surface area contributed by atoms with E-state index in [4.69, 9.17) is 26.7 Å². The molecule has 0 saturated heterocycles. The number of benzene rings is 1. The smallest absolute Gasteiger partial charge is 0.137 e. The fraction of sp³-hybridized carbons (Fsp3) is 0.533. The van der Waals surface area contributed by atoms with Crippen molar-refractivity contribution < 1.29 is 9.84 Å². The summed E-state index contributed by atoms with van der Waals surface area (Å²) in [5.41, 5.74) is 0.508. The third-order valence-electron chi connectivity index (χ3n) is 2.94. The third-order valence-corrected chi connectivity index (χ3v) is 3.23. The van der Waals surface area contributed by atoms with Crippen LogP contribution < -0.4 is 4.74 Å². The van der Waals surface area contributed by atoms with Crippen molar-refractivity contribution in [3.8, 4) is 11.8 Å². The molecule has 1 aromatic rings. The Morgan fingerprint density at radius 2 is 2.11 bits per heavy atom. The third kappa shape index (κ3) is 5.50. The van der Waals surface area contributed by atoms with Crippen LogP contribution >= 0.6 is 11.6 Å². The highest BCUT2D eigenvalue weighted by Gasteiger charge is 2.15. The molecule has 0 bridgehead atoms. The number of aliphatic hydroxyl groups excluding tert-OH is 1. The minimum Gasteiger partial charge on any atom is -0.492 e. The normalized spacial score (nSPS) is 11.1. The summed E-state index contributed by atoms with van der Waals surface area (Å²) >= 11 is 6.04. The number of aliphatic hydroxyl groups is 1. The van der Waals surface area contributed by atoms with E-state index in [9.17, 15) is 0 Å². The van der Waals surface area contributed by atoms with Crippen molar-refractivity contribution in [2.45, 2.75) is 39.7 Å². The van der Waals surface area contributed by atoms with Crippen LogP contribution in [0.5, 0.6) is 5.75 Å². The van der Waals surface area contributed by atoms with Gasteiger partial charge in [0.05, 0.1) is 29.7 Å². The van der Waals surface area contributed by atoms with E-state index in [1.54, 1.807) is 18.2 Å². The summed E-state index contributed by atoms with van der Waals surface area (Å²) in [5.74, 6) is 0.637. The fourth-order valence-corrected chi connectivity index (χ4v) is 1.92. The van der Waals surface area contributed by atoms with Gasteiger partial charge in [-0.05, 0) is 50.8 Å². The Morgan fingerprint density at radius 1 is 1.37 bits per heavy atom. The first kappa shape index (κ1) is 15.8. The highest BCUT2D eigenvalue weighted by Crippen LogP contribution is 2.26. The molecule has 0 radical (unpaired) electrons. The minimum absolute atomic E-state index is 0.0246. The van der Waals surface area contributed by atoms with Gasteiger partial charge in [-0.25, -0.2) is 0 Å². The lowest BCUT2D eigenvalue weighted by atomic mass is 9.89. The average molecular weight is 282 g/mol. The van der Waals surface area contributed by atoms with Gasteiger partial charge in [0.15, 0.2) is 0 Å². The van der Waals surface area contributed by atoms with Crippen LogP contribution in [0.2, 0.25) is 5.02 Å². The molecule has 1 aromatic carbocycles. The number of ether oxygens (including phenoxy) is 1. The molecule has 3 nitrogen and oxygen atoms in total. The van der Waals surface area contributed by atoms with Gasteiger partial charge in [0, 0.05) is 0 Å². The Hall–Kier alpha value is -1.24. The zero-order valence-electron chi connectivity index (χ0n) is 11.4. The first-order valence-corrected chi connectivity index (χ1v) is 6.79. The first-order chi connectivity index (χ1) is 8.98. The van der Waals surface area contributed by atoms with Crippen molar-refractivity contribution in [2.24, 2.45) is 5.41 Å². The highest BCUT2D eigenvalue weighted by atomic mass is 35.5. The molecule has 0 aliphatic heterocycles. The van der Waals surface area contributed by atoms with E-state index < -0.39 is 0 Å². The molecule has 0 unspecified atom stereocenters. The molecule has 0 fully saturated rings. The summed E-state index contributed by atoms with van der Waals surface area (Å²) < 4.78 is 5.59. The molecule has 0 aromatic heterocycles. The molecule has 0 heterocycles. The number of halogens is 1. The molecule has 0 spiro atoms. The number of rotatable bonds is 7. The second-order valence-electron chi connectivity index (χ2n) is 5.22. The van der Waals surface area contributed by atoms with Crippen molar-refractivity contribution in [1.82, 2.24) is 0 Å². The van der Waals surface area contributed by atoms with Crippen LogP contribution in [0.15, 0.2) is 18.2 Å². The van der Waals surface area contributed by atoms with Crippen LogP contribution in [0.1, 0.15) is 38.7 Å². The van der Waals surface area contributed by atoms with Crippen LogP contribution in [0.3, 0.4) is 0 Å². The molecule has 4 heteroatoms. The van der Waals surface area contributed by atoms with Crippen LogP contribution in [0.4, 0.5) is 0 Å². The van der Waals surface area contributed by atoms with Crippen LogP contribution in [0.25, 0.3) is 0 Å². The van der Waals surface area contributed by atoms with E-state index in [0.717, 1.165) is 24.8 Å². The second kappa shape index (κ2) is 7.37. The Bertz CT molecular complexity index is 452. The van der Waals surface area contributed by atoms with Crippen LogP contribution in [-0.2, 0) is 6.61 Å². The van der Waals surface area contributed by atoms with Crippen LogP contribution in [-0.4, -0.2) is 11.7 Å². The lowest BCUT2D eigenvalue weighted by molar-refractivity contribution is 0.280. The quantitative estimate of drug-likeness (QED) is 0.771. The molecule has 0 aliphatic carbocycles. The maximum atomic E-state index is 8.97. The molecule has 0 atom stereocenters. The largest absolute Gasteiger partial charge is 0.492 e. The topological polar surface area (TPSA) is 53.2 Å². The van der Waals surface area contributed by atoms with Crippen LogP contribution in [0, 0.1) is 16.7 Å². The van der Waals surface area contributed by atoms with E-state index in [1.807, 2.05) is 13.8 Å². The van der Waals surface area contributed by atoms with Crippen molar-refractivity contribution in [2.75, 3.05) is 6.61 Å². The zero-order valence-corrected chi connectivity index (χ0v) is 12.2. The van der Waals surface area contributed by atoms with Crippen molar-refractivity contribution in [1.29, 1.82) is 5.26 Å². The molecule has 0 saturated carbocycles. The van der Waals surface area contributed by atoms with E-state index in [-0.39, 0.29) is 12.0 Å². The lowest BCUT2D eigenvalue weighted by Gasteiger charge is -2.14. The Morgan fingerprint density at radius 3 is 2.68 bits per heavy atom. The Balaban J connectivity index is 2.32. The molecule has 19 heavy (non-hydrogen) atoms. The summed E-state index contributed by atoms with van der Waals surface area (Å²) in [6.07, 6.45) is 2.71. The van der Waals surface area contributed by atoms with Gasteiger partial charge < -0.3 is 9.84 Å². The second-order valence-corrected chi connectivity index (χ2v) is 5.63. The van der Waals surface area contributed by atoms with E-state index in [0.29, 0.717) is 17.4 Å². The standard InChI is InChI=1S/C15H20ClNO2/c1-15(2,11-17)7-3-4-8-19-14-6-5-12(10-18)9-13(14)16/h5-6,9,18H,3-4,7-8,10H2,1-2H3. The predicted octanol–water partition coefficient (Wildman–Crippen LogP) is 3.93. The van der Waals surface area contributed by atoms with Gasteiger partial charge in [0.1, 0.15) is 5.75 Å². The van der Waals surface area contributed by atoms with Gasteiger partial charge >= 0.3 is 0 Å². The molecule has 0 aliphatic rings. The van der Waals surface area contributed by atoms with E-state index >= 15 is 0 Å². The highest BCUT2D eigenvalue weighted by molar-refractivity contribution is 6.32. The summed E-state index contributed by atoms with van der Waals surface area (Å²) in [6.45, 7) is 4.44. The molecular formula is C15H20ClNO2. The van der Waals surface area contributed by atoms with E-state index in [2.05, 4.69) is 6.07 Å². The SMILES string of the molecule is CC(C)(C#N)CCCCOc1ccc(CO)cc1Cl. The first-order valence-electron chi connectivity index (χ1n) is 6.42. The zero-order chi connectivity index (χ0) is 14.3. The fourth-order valence-electron chi connectivity index (χ4n) is 1.67. The monoisotopic (exact) mass is 281 g/mol. The van der Waals surface area contributed by atoms with Gasteiger partial charge in [-0.2, -0.15) is 5.26 Å². The number of hydrogen-bond donors (Lipinski definition) is 1. The molecule has 0 amide bonds. The van der Waals surface area contributed by atoms with E-state index in [1.165, 1.54) is 0 Å². The molecule has 1 N–H and O–H groups in total. The number of nitrogens with zero attached hydrogens (tertiary/aromatic N) is 1. The molecule has 1 rings (SSSR count). The van der Waals surface area contributed by atoms with Gasteiger partial charge in [-0.1, -0.05) is 17.7 Å². The average Bonchev–Trinajstić information content (AvgIpc) is 2.39. The summed E-state index contributed by atoms with van der Waals surface area (Å²) in [6, 6.07) is 7.55. The van der Waals surface area contributed by atoms with Crippen molar-refractivity contribution >= 4 is 11.6 Å². The number of nitriles is 1. The van der Waals surface area contributed by atoms with Crippen molar-refractivity contribution in [3.63, 3.8) is 0 Å².